The first-order valence-electron chi connectivity index (χ1n) is 7.63. The van der Waals surface area contributed by atoms with Crippen molar-refractivity contribution in [2.24, 2.45) is 17.8 Å². The number of nitrogens with two attached hydrogens (primary N) is 1. The van der Waals surface area contributed by atoms with Crippen molar-refractivity contribution >= 4 is 29.9 Å². The van der Waals surface area contributed by atoms with Gasteiger partial charge in [0.2, 0.25) is 0 Å². The average molecular weight is 405 g/mol. The maximum absolute atomic E-state index is 6.05. The van der Waals surface area contributed by atoms with Crippen molar-refractivity contribution in [3.8, 4) is 0 Å². The lowest BCUT2D eigenvalue weighted by Crippen LogP contribution is -2.40. The minimum atomic E-state index is 0. The average Bonchev–Trinajstić information content (AvgIpc) is 2.70. The summed E-state index contributed by atoms with van der Waals surface area (Å²) >= 11 is 0. The van der Waals surface area contributed by atoms with Crippen molar-refractivity contribution in [1.29, 1.82) is 0 Å². The Morgan fingerprint density at radius 2 is 1.90 bits per heavy atom. The fraction of sp³-hybridized carbons (Fsp3) is 0.733. The standard InChI is InChI=1S/C15H27N5.HI/c1-12-14(13(2)19(3)18-12)8-7-9-17-15(16)20-10-5-4-6-11-20;/h4-11H2,1-3H3,(H2,16,17);1H. The summed E-state index contributed by atoms with van der Waals surface area (Å²) in [5.41, 5.74) is 9.81. The molecular formula is C15H28IN5. The Hall–Kier alpha value is -0.790. The van der Waals surface area contributed by atoms with Gasteiger partial charge in [0, 0.05) is 32.4 Å². The molecule has 0 saturated carbocycles. The molecular weight excluding hydrogens is 377 g/mol. The second-order valence-electron chi connectivity index (χ2n) is 5.66. The molecule has 2 N–H and O–H groups in total. The number of aliphatic imine (C=N–C) groups is 1. The van der Waals surface area contributed by atoms with E-state index >= 15 is 0 Å². The molecule has 1 saturated heterocycles. The van der Waals surface area contributed by atoms with Crippen LogP contribution in [0.1, 0.15) is 42.6 Å². The number of likely N-dealkylation sites (tertiary alicyclic amines) is 1. The number of rotatable bonds is 4. The monoisotopic (exact) mass is 405 g/mol. The molecule has 1 fully saturated rings. The first kappa shape index (κ1) is 18.3. The molecule has 1 aromatic heterocycles. The van der Waals surface area contributed by atoms with Gasteiger partial charge in [-0.3, -0.25) is 9.67 Å². The van der Waals surface area contributed by atoms with Crippen LogP contribution in [0.4, 0.5) is 0 Å². The zero-order chi connectivity index (χ0) is 14.5. The Labute approximate surface area is 145 Å². The molecule has 0 amide bonds. The Morgan fingerprint density at radius 1 is 1.24 bits per heavy atom. The SMILES string of the molecule is Cc1nn(C)c(C)c1CCCN=C(N)N1CCCCC1.I. The number of guanidine groups is 1. The fourth-order valence-corrected chi connectivity index (χ4v) is 2.85. The van der Waals surface area contributed by atoms with Gasteiger partial charge in [0.15, 0.2) is 5.96 Å². The van der Waals surface area contributed by atoms with Crippen molar-refractivity contribution in [2.45, 2.75) is 46.0 Å². The van der Waals surface area contributed by atoms with Crippen LogP contribution in [0.2, 0.25) is 0 Å². The highest BCUT2D eigenvalue weighted by Gasteiger charge is 2.12. The molecule has 0 aliphatic carbocycles. The van der Waals surface area contributed by atoms with Crippen molar-refractivity contribution in [3.05, 3.63) is 17.0 Å². The third-order valence-corrected chi connectivity index (χ3v) is 4.20. The molecule has 1 aliphatic heterocycles. The zero-order valence-corrected chi connectivity index (χ0v) is 15.8. The van der Waals surface area contributed by atoms with E-state index in [2.05, 4.69) is 28.8 Å². The summed E-state index contributed by atoms with van der Waals surface area (Å²) in [6, 6.07) is 0. The van der Waals surface area contributed by atoms with Gasteiger partial charge in [0.1, 0.15) is 0 Å². The topological polar surface area (TPSA) is 59.4 Å². The molecule has 0 radical (unpaired) electrons. The summed E-state index contributed by atoms with van der Waals surface area (Å²) in [5, 5.41) is 4.45. The van der Waals surface area contributed by atoms with Crippen LogP contribution in [0.15, 0.2) is 4.99 Å². The summed E-state index contributed by atoms with van der Waals surface area (Å²) in [6.07, 6.45) is 5.86. The smallest absolute Gasteiger partial charge is 0.191 e. The molecule has 5 nitrogen and oxygen atoms in total. The van der Waals surface area contributed by atoms with Gasteiger partial charge >= 0.3 is 0 Å². The van der Waals surface area contributed by atoms with E-state index in [0.717, 1.165) is 44.1 Å². The van der Waals surface area contributed by atoms with E-state index < -0.39 is 0 Å². The molecule has 0 unspecified atom stereocenters. The summed E-state index contributed by atoms with van der Waals surface area (Å²) in [7, 11) is 2.00. The Balaban J connectivity index is 0.00000220. The first-order chi connectivity index (χ1) is 9.59. The predicted molar refractivity (Wildman–Crippen MR) is 98.3 cm³/mol. The molecule has 0 bridgehead atoms. The number of aromatic nitrogens is 2. The van der Waals surface area contributed by atoms with Crippen LogP contribution < -0.4 is 5.73 Å². The Morgan fingerprint density at radius 3 is 2.48 bits per heavy atom. The minimum absolute atomic E-state index is 0. The van der Waals surface area contributed by atoms with E-state index in [-0.39, 0.29) is 24.0 Å². The molecule has 120 valence electrons. The first-order valence-corrected chi connectivity index (χ1v) is 7.63. The highest BCUT2D eigenvalue weighted by atomic mass is 127. The summed E-state index contributed by atoms with van der Waals surface area (Å²) < 4.78 is 1.95. The normalized spacial score (nSPS) is 16.0. The maximum atomic E-state index is 6.05. The molecule has 0 spiro atoms. The van der Waals surface area contributed by atoms with Crippen LogP contribution in [0.25, 0.3) is 0 Å². The van der Waals surface area contributed by atoms with Crippen LogP contribution in [-0.2, 0) is 13.5 Å². The van der Waals surface area contributed by atoms with E-state index in [0.29, 0.717) is 0 Å². The van der Waals surface area contributed by atoms with Gasteiger partial charge in [0.05, 0.1) is 5.69 Å². The molecule has 2 heterocycles. The highest BCUT2D eigenvalue weighted by molar-refractivity contribution is 14.0. The third kappa shape index (κ3) is 4.86. The van der Waals surface area contributed by atoms with Crippen LogP contribution >= 0.6 is 24.0 Å². The van der Waals surface area contributed by atoms with Gasteiger partial charge in [-0.05, 0) is 51.5 Å². The third-order valence-electron chi connectivity index (χ3n) is 4.20. The maximum Gasteiger partial charge on any atom is 0.191 e. The van der Waals surface area contributed by atoms with Crippen molar-refractivity contribution in [3.63, 3.8) is 0 Å². The quantitative estimate of drug-likeness (QED) is 0.362. The summed E-state index contributed by atoms with van der Waals surface area (Å²) in [4.78, 5) is 6.73. The largest absolute Gasteiger partial charge is 0.370 e. The predicted octanol–water partition coefficient (Wildman–Crippen LogP) is 2.39. The van der Waals surface area contributed by atoms with E-state index in [1.165, 1.54) is 30.5 Å². The van der Waals surface area contributed by atoms with Gasteiger partial charge in [-0.2, -0.15) is 5.10 Å². The van der Waals surface area contributed by atoms with Crippen LogP contribution in [0.5, 0.6) is 0 Å². The van der Waals surface area contributed by atoms with Crippen LogP contribution in [-0.4, -0.2) is 40.3 Å². The molecule has 0 aromatic carbocycles. The van der Waals surface area contributed by atoms with Crippen molar-refractivity contribution in [2.75, 3.05) is 19.6 Å². The van der Waals surface area contributed by atoms with Gasteiger partial charge in [-0.1, -0.05) is 0 Å². The number of nitrogens with zero attached hydrogens (tertiary/aromatic N) is 4. The second-order valence-corrected chi connectivity index (χ2v) is 5.66. The van der Waals surface area contributed by atoms with E-state index in [1.54, 1.807) is 0 Å². The van der Waals surface area contributed by atoms with E-state index in [9.17, 15) is 0 Å². The second kappa shape index (κ2) is 8.60. The fourth-order valence-electron chi connectivity index (χ4n) is 2.85. The lowest BCUT2D eigenvalue weighted by Gasteiger charge is -2.27. The van der Waals surface area contributed by atoms with Crippen molar-refractivity contribution in [1.82, 2.24) is 14.7 Å². The molecule has 1 aromatic rings. The number of aryl methyl sites for hydroxylation is 2. The number of piperidine rings is 1. The minimum Gasteiger partial charge on any atom is -0.370 e. The molecule has 2 rings (SSSR count). The number of halogens is 1. The zero-order valence-electron chi connectivity index (χ0n) is 13.4. The molecule has 21 heavy (non-hydrogen) atoms. The lowest BCUT2D eigenvalue weighted by molar-refractivity contribution is 0.338. The van der Waals surface area contributed by atoms with E-state index in [4.69, 9.17) is 5.73 Å². The van der Waals surface area contributed by atoms with Gasteiger partial charge in [-0.15, -0.1) is 24.0 Å². The Kier molecular flexibility index (Phi) is 7.48. The molecule has 6 heteroatoms. The van der Waals surface area contributed by atoms with Crippen LogP contribution in [0.3, 0.4) is 0 Å². The Bertz CT molecular complexity index is 475. The summed E-state index contributed by atoms with van der Waals surface area (Å²) in [6.45, 7) is 7.14. The van der Waals surface area contributed by atoms with Crippen molar-refractivity contribution < 1.29 is 0 Å². The summed E-state index contributed by atoms with van der Waals surface area (Å²) in [5.74, 6) is 0.726. The van der Waals surface area contributed by atoms with Gasteiger partial charge < -0.3 is 10.6 Å². The van der Waals surface area contributed by atoms with Gasteiger partial charge in [0.25, 0.3) is 0 Å². The number of hydrogen-bond acceptors (Lipinski definition) is 2. The van der Waals surface area contributed by atoms with E-state index in [1.807, 2.05) is 11.7 Å². The number of hydrogen-bond donors (Lipinski definition) is 1. The lowest BCUT2D eigenvalue weighted by atomic mass is 10.1. The molecule has 1 aliphatic rings. The van der Waals surface area contributed by atoms with Crippen LogP contribution in [0, 0.1) is 13.8 Å². The molecule has 0 atom stereocenters. The van der Waals surface area contributed by atoms with Gasteiger partial charge in [-0.25, -0.2) is 0 Å². The highest BCUT2D eigenvalue weighted by Crippen LogP contribution is 2.14.